The summed E-state index contributed by atoms with van der Waals surface area (Å²) in [5, 5.41) is 12.8. The van der Waals surface area contributed by atoms with Crippen molar-refractivity contribution in [3.8, 4) is 5.69 Å². The summed E-state index contributed by atoms with van der Waals surface area (Å²) in [5.74, 6) is 0.775. The number of hydrogen-bond acceptors (Lipinski definition) is 4. The van der Waals surface area contributed by atoms with Gasteiger partial charge in [-0.3, -0.25) is 0 Å². The molecule has 6 heteroatoms. The molecule has 178 valence electrons. The van der Waals surface area contributed by atoms with E-state index >= 15 is 0 Å². The quantitative estimate of drug-likeness (QED) is 0.289. The zero-order chi connectivity index (χ0) is 24.1. The highest BCUT2D eigenvalue weighted by Gasteiger charge is 2.39. The molecule has 5 nitrogen and oxygen atoms in total. The maximum atomic E-state index is 6.98. The van der Waals surface area contributed by atoms with Gasteiger partial charge in [-0.1, -0.05) is 89.0 Å². The van der Waals surface area contributed by atoms with Gasteiger partial charge in [0.2, 0.25) is 0 Å². The van der Waals surface area contributed by atoms with Crippen molar-refractivity contribution in [1.29, 1.82) is 0 Å². The van der Waals surface area contributed by atoms with Gasteiger partial charge in [0, 0.05) is 5.57 Å². The van der Waals surface area contributed by atoms with Gasteiger partial charge < -0.3 is 4.43 Å². The molecule has 0 unspecified atom stereocenters. The van der Waals surface area contributed by atoms with E-state index in [1.165, 1.54) is 30.4 Å². The molecule has 2 aromatic rings. The highest BCUT2D eigenvalue weighted by Crippen LogP contribution is 2.40. The Labute approximate surface area is 200 Å². The summed E-state index contributed by atoms with van der Waals surface area (Å²) in [6.07, 6.45) is 12.3. The summed E-state index contributed by atoms with van der Waals surface area (Å²) in [7, 11) is -1.89. The summed E-state index contributed by atoms with van der Waals surface area (Å²) in [4.78, 5) is 0. The number of aromatic nitrogens is 4. The van der Waals surface area contributed by atoms with E-state index in [2.05, 4.69) is 81.5 Å². The van der Waals surface area contributed by atoms with Crippen LogP contribution in [0.5, 0.6) is 0 Å². The molecule has 1 aliphatic rings. The fourth-order valence-electron chi connectivity index (χ4n) is 3.89. The van der Waals surface area contributed by atoms with Crippen LogP contribution >= 0.6 is 0 Å². The Morgan fingerprint density at radius 2 is 1.85 bits per heavy atom. The van der Waals surface area contributed by atoms with E-state index in [4.69, 9.17) is 4.43 Å². The molecule has 0 fully saturated rings. The van der Waals surface area contributed by atoms with Crippen LogP contribution in [0.4, 0.5) is 0 Å². The lowest BCUT2D eigenvalue weighted by molar-refractivity contribution is 0.197. The van der Waals surface area contributed by atoms with Crippen molar-refractivity contribution in [1.82, 2.24) is 20.2 Å². The zero-order valence-corrected chi connectivity index (χ0v) is 22.4. The maximum Gasteiger partial charge on any atom is 0.192 e. The normalized spacial score (nSPS) is 16.0. The number of allylic oxidation sites excluding steroid dienone is 5. The van der Waals surface area contributed by atoms with E-state index in [0.717, 1.165) is 29.9 Å². The topological polar surface area (TPSA) is 52.8 Å². The van der Waals surface area contributed by atoms with Crippen molar-refractivity contribution < 1.29 is 4.43 Å². The third-order valence-corrected chi connectivity index (χ3v) is 11.4. The molecule has 0 saturated heterocycles. The number of tetrazole rings is 1. The van der Waals surface area contributed by atoms with E-state index in [0.29, 0.717) is 0 Å². The van der Waals surface area contributed by atoms with Crippen molar-refractivity contribution in [3.05, 3.63) is 65.5 Å². The Morgan fingerprint density at radius 3 is 2.52 bits per heavy atom. The van der Waals surface area contributed by atoms with Crippen LogP contribution in [0, 0.1) is 0 Å². The number of rotatable bonds is 9. The zero-order valence-electron chi connectivity index (χ0n) is 21.4. The molecule has 1 atom stereocenters. The van der Waals surface area contributed by atoms with Crippen LogP contribution in [0.3, 0.4) is 0 Å². The van der Waals surface area contributed by atoms with E-state index in [1.54, 1.807) is 0 Å². The van der Waals surface area contributed by atoms with Crippen LogP contribution in [0.1, 0.15) is 72.5 Å². The second kappa shape index (κ2) is 10.7. The average molecular weight is 465 g/mol. The minimum Gasteiger partial charge on any atom is -0.410 e. The van der Waals surface area contributed by atoms with Gasteiger partial charge in [0.1, 0.15) is 0 Å². The summed E-state index contributed by atoms with van der Waals surface area (Å²) < 4.78 is 8.80. The number of para-hydroxylation sites is 1. The van der Waals surface area contributed by atoms with E-state index in [1.807, 2.05) is 35.0 Å². The molecule has 0 amide bonds. The van der Waals surface area contributed by atoms with Gasteiger partial charge in [0.05, 0.1) is 11.8 Å². The van der Waals surface area contributed by atoms with Crippen LogP contribution in [0.2, 0.25) is 18.1 Å². The molecule has 3 rings (SSSR count). The number of benzene rings is 1. The van der Waals surface area contributed by atoms with Gasteiger partial charge in [-0.25, -0.2) is 0 Å². The van der Waals surface area contributed by atoms with Crippen LogP contribution in [0.15, 0.2) is 59.7 Å². The first-order chi connectivity index (χ1) is 15.6. The minimum absolute atomic E-state index is 0.154. The molecule has 0 saturated carbocycles. The summed E-state index contributed by atoms with van der Waals surface area (Å²) in [6, 6.07) is 10.1. The first kappa shape index (κ1) is 25.3. The summed E-state index contributed by atoms with van der Waals surface area (Å²) in [6.45, 7) is 16.1. The average Bonchev–Trinajstić information content (AvgIpc) is 3.16. The van der Waals surface area contributed by atoms with E-state index in [-0.39, 0.29) is 11.1 Å². The van der Waals surface area contributed by atoms with E-state index < -0.39 is 8.32 Å². The minimum atomic E-state index is -1.89. The number of nitrogens with zero attached hydrogens (tertiary/aromatic N) is 4. The molecule has 0 N–H and O–H groups in total. The summed E-state index contributed by atoms with van der Waals surface area (Å²) in [5.41, 5.74) is 4.66. The smallest absolute Gasteiger partial charge is 0.192 e. The lowest BCUT2D eigenvalue weighted by atomic mass is 9.96. The molecule has 0 bridgehead atoms. The first-order valence-corrected chi connectivity index (χ1v) is 15.1. The maximum absolute atomic E-state index is 6.98. The molecular weight excluding hydrogens is 424 g/mol. The van der Waals surface area contributed by atoms with Gasteiger partial charge in [0.15, 0.2) is 14.1 Å². The van der Waals surface area contributed by atoms with Gasteiger partial charge >= 0.3 is 0 Å². The SMILES string of the molecule is CCCCC[C@@H](O[Si](C)(C)C(C)(C)C)C1=CC=CC(c2nnnn2-c2ccccc2)=C(C)C1. The second-order valence-electron chi connectivity index (χ2n) is 10.6. The number of unbranched alkanes of at least 4 members (excludes halogenated alkanes) is 2. The van der Waals surface area contributed by atoms with Gasteiger partial charge in [-0.15, -0.1) is 5.10 Å². The first-order valence-electron chi connectivity index (χ1n) is 12.2. The molecule has 1 aromatic heterocycles. The fraction of sp³-hybridized carbons (Fsp3) is 0.519. The predicted molar refractivity (Wildman–Crippen MR) is 140 cm³/mol. The van der Waals surface area contributed by atoms with Crippen molar-refractivity contribution in [2.75, 3.05) is 0 Å². The highest BCUT2D eigenvalue weighted by atomic mass is 28.4. The fourth-order valence-corrected chi connectivity index (χ4v) is 5.22. The highest BCUT2D eigenvalue weighted by molar-refractivity contribution is 6.74. The predicted octanol–water partition coefficient (Wildman–Crippen LogP) is 7.29. The standard InChI is InChI=1S/C27H40N4OSi/c1-8-9-11-19-25(32-33(6,7)27(3,4)5)22-15-14-18-24(21(2)20-22)26-28-29-30-31(26)23-16-12-10-13-17-23/h10,12-18,25H,8-9,11,19-20H2,1-7H3/t25-/m1/s1. The molecular formula is C27H40N4OSi. The van der Waals surface area contributed by atoms with Crippen LogP contribution in [-0.4, -0.2) is 34.6 Å². The van der Waals surface area contributed by atoms with E-state index in [9.17, 15) is 0 Å². The molecule has 1 heterocycles. The molecule has 33 heavy (non-hydrogen) atoms. The van der Waals surface area contributed by atoms with Gasteiger partial charge in [0.25, 0.3) is 0 Å². The number of hydrogen-bond donors (Lipinski definition) is 0. The van der Waals surface area contributed by atoms with Crippen molar-refractivity contribution in [2.45, 2.75) is 91.0 Å². The Hall–Kier alpha value is -2.31. The largest absolute Gasteiger partial charge is 0.410 e. The lowest BCUT2D eigenvalue weighted by Gasteiger charge is -2.40. The lowest BCUT2D eigenvalue weighted by Crippen LogP contribution is -2.44. The van der Waals surface area contributed by atoms with Crippen LogP contribution in [0.25, 0.3) is 11.3 Å². The second-order valence-corrected chi connectivity index (χ2v) is 15.3. The van der Waals surface area contributed by atoms with Gasteiger partial charge in [-0.2, -0.15) is 4.68 Å². The van der Waals surface area contributed by atoms with Crippen molar-refractivity contribution in [3.63, 3.8) is 0 Å². The molecule has 0 spiro atoms. The molecule has 1 aromatic carbocycles. The monoisotopic (exact) mass is 464 g/mol. The summed E-state index contributed by atoms with van der Waals surface area (Å²) >= 11 is 0. The van der Waals surface area contributed by atoms with Crippen molar-refractivity contribution in [2.24, 2.45) is 0 Å². The Kier molecular flexibility index (Phi) is 8.24. The molecule has 1 aliphatic carbocycles. The Morgan fingerprint density at radius 1 is 1.12 bits per heavy atom. The van der Waals surface area contributed by atoms with Crippen LogP contribution in [-0.2, 0) is 4.43 Å². The van der Waals surface area contributed by atoms with Crippen molar-refractivity contribution >= 4 is 13.9 Å². The molecule has 0 radical (unpaired) electrons. The third kappa shape index (κ3) is 6.18. The Bertz CT molecular complexity index is 1010. The Balaban J connectivity index is 1.89. The molecule has 0 aliphatic heterocycles. The third-order valence-electron chi connectivity index (χ3n) is 6.94. The van der Waals surface area contributed by atoms with Gasteiger partial charge in [-0.05, 0) is 66.0 Å². The van der Waals surface area contributed by atoms with Crippen LogP contribution < -0.4 is 0 Å².